The van der Waals surface area contributed by atoms with Gasteiger partial charge >= 0.3 is 0 Å². The highest BCUT2D eigenvalue weighted by Crippen LogP contribution is 2.41. The zero-order chi connectivity index (χ0) is 12.0. The Balaban J connectivity index is 2.16. The van der Waals surface area contributed by atoms with Gasteiger partial charge in [0, 0.05) is 12.1 Å². The van der Waals surface area contributed by atoms with Crippen molar-refractivity contribution in [3.63, 3.8) is 0 Å². The Morgan fingerprint density at radius 2 is 2.18 bits per heavy atom. The maximum absolute atomic E-state index is 5.98. The Morgan fingerprint density at radius 3 is 2.82 bits per heavy atom. The molecule has 0 bridgehead atoms. The van der Waals surface area contributed by atoms with Crippen LogP contribution in [0.15, 0.2) is 12.1 Å². The first-order valence-electron chi connectivity index (χ1n) is 5.89. The van der Waals surface area contributed by atoms with Crippen molar-refractivity contribution in [1.82, 2.24) is 14.5 Å². The lowest BCUT2D eigenvalue weighted by Crippen LogP contribution is -2.11. The Morgan fingerprint density at radius 1 is 1.41 bits per heavy atom. The highest BCUT2D eigenvalue weighted by atomic mass is 16.5. The fourth-order valence-electron chi connectivity index (χ4n) is 2.28. The first-order chi connectivity index (χ1) is 8.20. The molecule has 2 aromatic rings. The van der Waals surface area contributed by atoms with E-state index in [1.165, 1.54) is 12.8 Å². The van der Waals surface area contributed by atoms with E-state index in [2.05, 4.69) is 16.9 Å². The number of imidazole rings is 1. The standard InChI is InChI=1S/C12H16N4O/c1-7(8-3-4-8)16-11-9(14-12(16)13)5-6-10(15-11)17-2/h5-8H,3-4H2,1-2H3,(H2,13,14). The molecule has 1 fully saturated rings. The molecule has 0 spiro atoms. The van der Waals surface area contributed by atoms with Gasteiger partial charge in [0.1, 0.15) is 5.52 Å². The summed E-state index contributed by atoms with van der Waals surface area (Å²) < 4.78 is 7.17. The van der Waals surface area contributed by atoms with Gasteiger partial charge in [-0.25, -0.2) is 4.98 Å². The SMILES string of the molecule is COc1ccc2nc(N)n(C(C)C3CC3)c2n1. The Kier molecular flexibility index (Phi) is 2.21. The van der Waals surface area contributed by atoms with E-state index in [-0.39, 0.29) is 0 Å². The van der Waals surface area contributed by atoms with E-state index in [0.29, 0.717) is 23.8 Å². The lowest BCUT2D eigenvalue weighted by Gasteiger charge is -2.14. The number of rotatable bonds is 3. The minimum absolute atomic E-state index is 0.361. The second-order valence-corrected chi connectivity index (χ2v) is 4.61. The number of nitrogen functional groups attached to an aromatic ring is 1. The number of hydrogen-bond donors (Lipinski definition) is 1. The van der Waals surface area contributed by atoms with E-state index in [0.717, 1.165) is 11.2 Å². The average Bonchev–Trinajstić information content (AvgIpc) is 3.11. The molecule has 2 aromatic heterocycles. The van der Waals surface area contributed by atoms with Gasteiger partial charge in [-0.1, -0.05) is 0 Å². The van der Waals surface area contributed by atoms with E-state index in [1.807, 2.05) is 10.6 Å². The largest absolute Gasteiger partial charge is 0.481 e. The van der Waals surface area contributed by atoms with Crippen LogP contribution in [0.3, 0.4) is 0 Å². The number of methoxy groups -OCH3 is 1. The van der Waals surface area contributed by atoms with Crippen LogP contribution < -0.4 is 10.5 Å². The number of nitrogens with two attached hydrogens (primary N) is 1. The summed E-state index contributed by atoms with van der Waals surface area (Å²) in [5.41, 5.74) is 7.63. The van der Waals surface area contributed by atoms with Gasteiger partial charge in [0.2, 0.25) is 11.8 Å². The molecule has 0 amide bonds. The van der Waals surface area contributed by atoms with Crippen molar-refractivity contribution in [2.24, 2.45) is 5.92 Å². The van der Waals surface area contributed by atoms with Gasteiger partial charge in [0.15, 0.2) is 5.65 Å². The highest BCUT2D eigenvalue weighted by Gasteiger charge is 2.31. The molecule has 1 saturated carbocycles. The minimum atomic E-state index is 0.361. The molecule has 5 heteroatoms. The van der Waals surface area contributed by atoms with Gasteiger partial charge in [-0.3, -0.25) is 4.57 Å². The number of pyridine rings is 1. The van der Waals surface area contributed by atoms with E-state index in [4.69, 9.17) is 10.5 Å². The van der Waals surface area contributed by atoms with Crippen molar-refractivity contribution in [3.05, 3.63) is 12.1 Å². The predicted molar refractivity (Wildman–Crippen MR) is 65.9 cm³/mol. The molecule has 2 heterocycles. The van der Waals surface area contributed by atoms with Crippen LogP contribution in [-0.2, 0) is 0 Å². The van der Waals surface area contributed by atoms with Gasteiger partial charge < -0.3 is 10.5 Å². The number of ether oxygens (including phenoxy) is 1. The molecule has 0 saturated heterocycles. The van der Waals surface area contributed by atoms with Crippen LogP contribution in [0.5, 0.6) is 5.88 Å². The molecular weight excluding hydrogens is 216 g/mol. The van der Waals surface area contributed by atoms with Crippen molar-refractivity contribution in [2.75, 3.05) is 12.8 Å². The molecule has 0 aliphatic heterocycles. The lowest BCUT2D eigenvalue weighted by atomic mass is 10.2. The molecule has 2 N–H and O–H groups in total. The molecule has 0 aromatic carbocycles. The number of aromatic nitrogens is 3. The summed E-state index contributed by atoms with van der Waals surface area (Å²) in [6.45, 7) is 2.18. The van der Waals surface area contributed by atoms with Crippen LogP contribution in [-0.4, -0.2) is 21.6 Å². The van der Waals surface area contributed by atoms with Crippen molar-refractivity contribution >= 4 is 17.1 Å². The van der Waals surface area contributed by atoms with Crippen LogP contribution >= 0.6 is 0 Å². The number of nitrogens with zero attached hydrogens (tertiary/aromatic N) is 3. The molecule has 90 valence electrons. The summed E-state index contributed by atoms with van der Waals surface area (Å²) in [6, 6.07) is 4.06. The van der Waals surface area contributed by atoms with E-state index in [9.17, 15) is 0 Å². The molecule has 1 aliphatic rings. The van der Waals surface area contributed by atoms with Crippen LogP contribution in [0.2, 0.25) is 0 Å². The third-order valence-electron chi connectivity index (χ3n) is 3.46. The Labute approximate surface area is 99.6 Å². The van der Waals surface area contributed by atoms with Gasteiger partial charge in [0.25, 0.3) is 0 Å². The summed E-state index contributed by atoms with van der Waals surface area (Å²) in [7, 11) is 1.61. The van der Waals surface area contributed by atoms with Gasteiger partial charge in [-0.15, -0.1) is 0 Å². The minimum Gasteiger partial charge on any atom is -0.481 e. The summed E-state index contributed by atoms with van der Waals surface area (Å²) in [4.78, 5) is 8.79. The van der Waals surface area contributed by atoms with E-state index in [1.54, 1.807) is 13.2 Å². The van der Waals surface area contributed by atoms with Crippen molar-refractivity contribution in [1.29, 1.82) is 0 Å². The molecule has 17 heavy (non-hydrogen) atoms. The third kappa shape index (κ3) is 1.62. The summed E-state index contributed by atoms with van der Waals surface area (Å²) in [5.74, 6) is 1.85. The van der Waals surface area contributed by atoms with Gasteiger partial charge in [-0.05, 0) is 31.7 Å². The Hall–Kier alpha value is -1.78. The van der Waals surface area contributed by atoms with Crippen LogP contribution in [0.25, 0.3) is 11.2 Å². The molecule has 1 unspecified atom stereocenters. The molecule has 5 nitrogen and oxygen atoms in total. The maximum Gasteiger partial charge on any atom is 0.215 e. The van der Waals surface area contributed by atoms with Gasteiger partial charge in [0.05, 0.1) is 7.11 Å². The van der Waals surface area contributed by atoms with Crippen LogP contribution in [0, 0.1) is 5.92 Å². The molecule has 3 rings (SSSR count). The summed E-state index contributed by atoms with van der Waals surface area (Å²) >= 11 is 0. The first-order valence-corrected chi connectivity index (χ1v) is 5.89. The molecule has 0 radical (unpaired) electrons. The smallest absolute Gasteiger partial charge is 0.215 e. The number of hydrogen-bond acceptors (Lipinski definition) is 4. The fourth-order valence-corrected chi connectivity index (χ4v) is 2.28. The second-order valence-electron chi connectivity index (χ2n) is 4.61. The highest BCUT2D eigenvalue weighted by molar-refractivity contribution is 5.75. The van der Waals surface area contributed by atoms with Crippen molar-refractivity contribution in [3.8, 4) is 5.88 Å². The quantitative estimate of drug-likeness (QED) is 0.878. The zero-order valence-corrected chi connectivity index (χ0v) is 10.1. The van der Waals surface area contributed by atoms with Crippen molar-refractivity contribution < 1.29 is 4.74 Å². The third-order valence-corrected chi connectivity index (χ3v) is 3.46. The molecule has 1 aliphatic carbocycles. The molecule has 1 atom stereocenters. The summed E-state index contributed by atoms with van der Waals surface area (Å²) in [5, 5.41) is 0. The lowest BCUT2D eigenvalue weighted by molar-refractivity contribution is 0.398. The van der Waals surface area contributed by atoms with Crippen LogP contribution in [0.1, 0.15) is 25.8 Å². The number of fused-ring (bicyclic) bond motifs is 1. The van der Waals surface area contributed by atoms with E-state index >= 15 is 0 Å². The van der Waals surface area contributed by atoms with E-state index < -0.39 is 0 Å². The van der Waals surface area contributed by atoms with Crippen molar-refractivity contribution in [2.45, 2.75) is 25.8 Å². The average molecular weight is 232 g/mol. The number of anilines is 1. The fraction of sp³-hybridized carbons (Fsp3) is 0.500. The summed E-state index contributed by atoms with van der Waals surface area (Å²) in [6.07, 6.45) is 2.54. The predicted octanol–water partition coefficient (Wildman–Crippen LogP) is 1.99. The normalized spacial score (nSPS) is 17.3. The molecular formula is C12H16N4O. The Bertz CT molecular complexity index is 559. The zero-order valence-electron chi connectivity index (χ0n) is 10.1. The second kappa shape index (κ2) is 3.61. The topological polar surface area (TPSA) is 66.0 Å². The first kappa shape index (κ1) is 10.4. The maximum atomic E-state index is 5.98. The van der Waals surface area contributed by atoms with Gasteiger partial charge in [-0.2, -0.15) is 4.98 Å². The monoisotopic (exact) mass is 232 g/mol. The van der Waals surface area contributed by atoms with Crippen LogP contribution in [0.4, 0.5) is 5.95 Å².